The van der Waals surface area contributed by atoms with Crippen LogP contribution in [0.1, 0.15) is 17.4 Å². The fourth-order valence-corrected chi connectivity index (χ4v) is 3.19. The first-order valence-electron chi connectivity index (χ1n) is 9.56. The van der Waals surface area contributed by atoms with E-state index in [1.807, 2.05) is 72.8 Å². The van der Waals surface area contributed by atoms with Gasteiger partial charge in [0, 0.05) is 19.3 Å². The van der Waals surface area contributed by atoms with E-state index in [0.717, 1.165) is 17.8 Å². The zero-order valence-corrected chi connectivity index (χ0v) is 15.7. The summed E-state index contributed by atoms with van der Waals surface area (Å²) in [5.74, 6) is 1.39. The van der Waals surface area contributed by atoms with Gasteiger partial charge in [-0.25, -0.2) is 0 Å². The smallest absolute Gasteiger partial charge is 0.168 e. The molecule has 1 N–H and O–H groups in total. The van der Waals surface area contributed by atoms with Gasteiger partial charge in [-0.2, -0.15) is 0 Å². The third-order valence-corrected chi connectivity index (χ3v) is 4.61. The monoisotopic (exact) mass is 376 g/mol. The second-order valence-electron chi connectivity index (χ2n) is 6.63. The molecule has 5 heteroatoms. The Hall–Kier alpha value is -2.89. The largest absolute Gasteiger partial charge is 0.485 e. The molecule has 2 heterocycles. The molecule has 1 saturated heterocycles. The van der Waals surface area contributed by atoms with E-state index in [9.17, 15) is 0 Å². The summed E-state index contributed by atoms with van der Waals surface area (Å²) in [4.78, 5) is 4.50. The van der Waals surface area contributed by atoms with Crippen LogP contribution in [0.25, 0.3) is 0 Å². The molecule has 2 atom stereocenters. The first kappa shape index (κ1) is 18.5. The number of hydrogen-bond donors (Lipinski definition) is 1. The highest BCUT2D eigenvalue weighted by atomic mass is 16.6. The summed E-state index contributed by atoms with van der Waals surface area (Å²) in [7, 11) is 0. The predicted molar refractivity (Wildman–Crippen MR) is 107 cm³/mol. The maximum absolute atomic E-state index is 6.41. The van der Waals surface area contributed by atoms with Gasteiger partial charge in [0.1, 0.15) is 12.7 Å². The predicted octanol–water partition coefficient (Wildman–Crippen LogP) is 3.77. The summed E-state index contributed by atoms with van der Waals surface area (Å²) in [5.41, 5.74) is 1.95. The quantitative estimate of drug-likeness (QED) is 0.680. The molecule has 5 nitrogen and oxygen atoms in total. The molecule has 4 rings (SSSR count). The van der Waals surface area contributed by atoms with Gasteiger partial charge >= 0.3 is 0 Å². The molecule has 1 aliphatic heterocycles. The van der Waals surface area contributed by atoms with Crippen molar-refractivity contribution in [2.45, 2.75) is 18.8 Å². The summed E-state index contributed by atoms with van der Waals surface area (Å²) in [6, 6.07) is 23.7. The Kier molecular flexibility index (Phi) is 6.17. The Morgan fingerprint density at radius 1 is 0.964 bits per heavy atom. The van der Waals surface area contributed by atoms with Gasteiger partial charge in [-0.15, -0.1) is 0 Å². The lowest BCUT2D eigenvalue weighted by Gasteiger charge is -2.31. The molecule has 28 heavy (non-hydrogen) atoms. The highest BCUT2D eigenvalue weighted by molar-refractivity contribution is 5.40. The minimum Gasteiger partial charge on any atom is -0.485 e. The molecule has 0 radical (unpaired) electrons. The van der Waals surface area contributed by atoms with Gasteiger partial charge in [0.2, 0.25) is 0 Å². The number of rotatable bonds is 7. The van der Waals surface area contributed by atoms with Crippen molar-refractivity contribution in [2.75, 3.05) is 19.7 Å². The van der Waals surface area contributed by atoms with E-state index in [4.69, 9.17) is 14.2 Å². The fourth-order valence-electron chi connectivity index (χ4n) is 3.19. The molecule has 0 aliphatic carbocycles. The molecule has 0 amide bonds. The zero-order valence-electron chi connectivity index (χ0n) is 15.7. The summed E-state index contributed by atoms with van der Waals surface area (Å²) >= 11 is 0. The maximum atomic E-state index is 6.41. The first-order valence-corrected chi connectivity index (χ1v) is 9.56. The summed E-state index contributed by atoms with van der Waals surface area (Å²) < 4.78 is 18.4. The number of nitrogens with zero attached hydrogens (tertiary/aromatic N) is 1. The molecule has 0 spiro atoms. The summed E-state index contributed by atoms with van der Waals surface area (Å²) in [6.07, 6.45) is 1.33. The SMILES string of the molecule is c1ccc(COc2ccccc2O[C@@H](c2ccccn2)[C@@H]2CNCCO2)cc1. The average Bonchev–Trinajstić information content (AvgIpc) is 2.78. The van der Waals surface area contributed by atoms with Crippen molar-refractivity contribution < 1.29 is 14.2 Å². The Morgan fingerprint density at radius 3 is 2.50 bits per heavy atom. The number of hydrogen-bond acceptors (Lipinski definition) is 5. The van der Waals surface area contributed by atoms with Crippen molar-refractivity contribution in [1.29, 1.82) is 0 Å². The summed E-state index contributed by atoms with van der Waals surface area (Å²) in [5, 5.41) is 3.37. The van der Waals surface area contributed by atoms with Crippen LogP contribution in [0.4, 0.5) is 0 Å². The van der Waals surface area contributed by atoms with Crippen LogP contribution in [-0.4, -0.2) is 30.8 Å². The van der Waals surface area contributed by atoms with Gasteiger partial charge < -0.3 is 19.5 Å². The van der Waals surface area contributed by atoms with Crippen molar-refractivity contribution in [2.24, 2.45) is 0 Å². The minimum atomic E-state index is -0.324. The van der Waals surface area contributed by atoms with E-state index in [0.29, 0.717) is 31.3 Å². The first-order chi connectivity index (χ1) is 13.9. The fraction of sp³-hybridized carbons (Fsp3) is 0.261. The molecule has 0 saturated carbocycles. The lowest BCUT2D eigenvalue weighted by Crippen LogP contribution is -2.43. The third kappa shape index (κ3) is 4.68. The van der Waals surface area contributed by atoms with Gasteiger partial charge in [0.05, 0.1) is 12.3 Å². The van der Waals surface area contributed by atoms with Crippen molar-refractivity contribution in [3.63, 3.8) is 0 Å². The molecule has 2 aromatic carbocycles. The molecule has 0 unspecified atom stereocenters. The van der Waals surface area contributed by atoms with Crippen LogP contribution in [-0.2, 0) is 11.3 Å². The topological polar surface area (TPSA) is 52.6 Å². The Bertz CT molecular complexity index is 852. The second kappa shape index (κ2) is 9.35. The number of aromatic nitrogens is 1. The highest BCUT2D eigenvalue weighted by Crippen LogP contribution is 2.33. The number of nitrogens with one attached hydrogen (secondary N) is 1. The number of ether oxygens (including phenoxy) is 3. The number of para-hydroxylation sites is 2. The van der Waals surface area contributed by atoms with Crippen molar-refractivity contribution in [3.05, 3.63) is 90.3 Å². The van der Waals surface area contributed by atoms with Gasteiger partial charge in [0.15, 0.2) is 17.6 Å². The van der Waals surface area contributed by atoms with Gasteiger partial charge in [-0.05, 0) is 29.8 Å². The van der Waals surface area contributed by atoms with Crippen LogP contribution >= 0.6 is 0 Å². The molecule has 0 bridgehead atoms. The van der Waals surface area contributed by atoms with Crippen molar-refractivity contribution in [1.82, 2.24) is 10.3 Å². The van der Waals surface area contributed by atoms with Gasteiger partial charge in [-0.1, -0.05) is 48.5 Å². The van der Waals surface area contributed by atoms with Crippen LogP contribution in [0.15, 0.2) is 79.0 Å². The number of benzene rings is 2. The lowest BCUT2D eigenvalue weighted by atomic mass is 10.1. The Labute approximate surface area is 165 Å². The van der Waals surface area contributed by atoms with Crippen molar-refractivity contribution in [3.8, 4) is 11.5 Å². The molecule has 3 aromatic rings. The molecule has 1 fully saturated rings. The van der Waals surface area contributed by atoms with E-state index in [2.05, 4.69) is 10.3 Å². The van der Waals surface area contributed by atoms with Gasteiger partial charge in [-0.3, -0.25) is 4.98 Å². The molecule has 1 aromatic heterocycles. The lowest BCUT2D eigenvalue weighted by molar-refractivity contribution is -0.0454. The second-order valence-corrected chi connectivity index (χ2v) is 6.63. The average molecular weight is 376 g/mol. The maximum Gasteiger partial charge on any atom is 0.168 e. The highest BCUT2D eigenvalue weighted by Gasteiger charge is 2.29. The van der Waals surface area contributed by atoms with E-state index in [1.165, 1.54) is 0 Å². The Balaban J connectivity index is 1.54. The third-order valence-electron chi connectivity index (χ3n) is 4.61. The number of pyridine rings is 1. The van der Waals surface area contributed by atoms with Gasteiger partial charge in [0.25, 0.3) is 0 Å². The van der Waals surface area contributed by atoms with Crippen LogP contribution in [0.5, 0.6) is 11.5 Å². The van der Waals surface area contributed by atoms with Crippen LogP contribution in [0.3, 0.4) is 0 Å². The normalized spacial score (nSPS) is 17.6. The van der Waals surface area contributed by atoms with Crippen LogP contribution in [0.2, 0.25) is 0 Å². The van der Waals surface area contributed by atoms with Crippen LogP contribution in [0, 0.1) is 0 Å². The number of morpholine rings is 1. The van der Waals surface area contributed by atoms with Crippen LogP contribution < -0.4 is 14.8 Å². The Morgan fingerprint density at radius 2 is 1.75 bits per heavy atom. The summed E-state index contributed by atoms with van der Waals surface area (Å²) in [6.45, 7) is 2.71. The standard InChI is InChI=1S/C23H24N2O3/c1-2-8-18(9-3-1)17-27-20-11-4-5-12-21(20)28-23(19-10-6-7-13-25-19)22-16-24-14-15-26-22/h1-13,22-24H,14-17H2/t22-,23-/m0/s1. The van der Waals surface area contributed by atoms with Crippen molar-refractivity contribution >= 4 is 0 Å². The zero-order chi connectivity index (χ0) is 19.0. The van der Waals surface area contributed by atoms with E-state index in [1.54, 1.807) is 6.20 Å². The molecule has 144 valence electrons. The van der Waals surface area contributed by atoms with E-state index in [-0.39, 0.29) is 12.2 Å². The molecular weight excluding hydrogens is 352 g/mol. The molecule has 1 aliphatic rings. The van der Waals surface area contributed by atoms with E-state index >= 15 is 0 Å². The minimum absolute atomic E-state index is 0.120. The van der Waals surface area contributed by atoms with E-state index < -0.39 is 0 Å². The molecular formula is C23H24N2O3.